The van der Waals surface area contributed by atoms with Crippen molar-refractivity contribution >= 4 is 18.0 Å². The van der Waals surface area contributed by atoms with Gasteiger partial charge in [-0.1, -0.05) is 25.1 Å². The zero-order valence-electron chi connectivity index (χ0n) is 15.7. The van der Waals surface area contributed by atoms with Gasteiger partial charge in [0, 0.05) is 6.54 Å². The van der Waals surface area contributed by atoms with Crippen LogP contribution in [-0.4, -0.2) is 30.5 Å². The first-order valence-corrected chi connectivity index (χ1v) is 8.91. The van der Waals surface area contributed by atoms with Gasteiger partial charge in [-0.3, -0.25) is 9.69 Å². The number of hydrogen-bond acceptors (Lipinski definition) is 4. The predicted molar refractivity (Wildman–Crippen MR) is 102 cm³/mol. The Balaban J connectivity index is 1.75. The molecule has 1 saturated heterocycles. The van der Waals surface area contributed by atoms with Crippen LogP contribution in [-0.2, 0) is 11.4 Å². The third kappa shape index (κ3) is 4.31. The zero-order valence-corrected chi connectivity index (χ0v) is 15.7. The van der Waals surface area contributed by atoms with E-state index in [2.05, 4.69) is 5.32 Å². The van der Waals surface area contributed by atoms with Crippen LogP contribution in [0.2, 0.25) is 0 Å². The van der Waals surface area contributed by atoms with Gasteiger partial charge in [-0.05, 0) is 47.9 Å². The highest BCUT2D eigenvalue weighted by Gasteiger charge is 2.32. The zero-order chi connectivity index (χ0) is 20.1. The standard InChI is InChI=1S/C21H21FN2O4/c1-3-10-24-20(25)17(23-21(24)26)11-15-6-9-18(19(12-15)27-2)28-13-14-4-7-16(22)8-5-14/h4-9,11-12H,3,10,13H2,1-2H3,(H,23,26)/b17-11+. The molecular weight excluding hydrogens is 363 g/mol. The lowest BCUT2D eigenvalue weighted by molar-refractivity contribution is -0.122. The normalized spacial score (nSPS) is 15.1. The molecule has 3 amide bonds. The molecule has 0 bridgehead atoms. The lowest BCUT2D eigenvalue weighted by Crippen LogP contribution is -2.31. The number of halogens is 1. The van der Waals surface area contributed by atoms with Crippen LogP contribution in [0.25, 0.3) is 6.08 Å². The first-order valence-electron chi connectivity index (χ1n) is 8.91. The number of imide groups is 1. The molecule has 146 valence electrons. The Morgan fingerprint density at radius 2 is 1.86 bits per heavy atom. The summed E-state index contributed by atoms with van der Waals surface area (Å²) in [6, 6.07) is 10.8. The highest BCUT2D eigenvalue weighted by molar-refractivity contribution is 6.13. The molecule has 1 aliphatic rings. The molecule has 0 spiro atoms. The van der Waals surface area contributed by atoms with E-state index >= 15 is 0 Å². The van der Waals surface area contributed by atoms with Crippen molar-refractivity contribution in [2.75, 3.05) is 13.7 Å². The monoisotopic (exact) mass is 384 g/mol. The van der Waals surface area contributed by atoms with Gasteiger partial charge in [-0.25, -0.2) is 9.18 Å². The van der Waals surface area contributed by atoms with E-state index in [9.17, 15) is 14.0 Å². The maximum absolute atomic E-state index is 13.0. The van der Waals surface area contributed by atoms with Gasteiger partial charge in [0.25, 0.3) is 5.91 Å². The highest BCUT2D eigenvalue weighted by Crippen LogP contribution is 2.30. The fraction of sp³-hybridized carbons (Fsp3) is 0.238. The fourth-order valence-corrected chi connectivity index (χ4v) is 2.80. The molecule has 1 fully saturated rings. The number of rotatable bonds is 7. The number of urea groups is 1. The molecule has 28 heavy (non-hydrogen) atoms. The summed E-state index contributed by atoms with van der Waals surface area (Å²) < 4.78 is 24.1. The second-order valence-electron chi connectivity index (χ2n) is 6.27. The molecule has 2 aromatic rings. The van der Waals surface area contributed by atoms with Crippen molar-refractivity contribution in [2.45, 2.75) is 20.0 Å². The van der Waals surface area contributed by atoms with Gasteiger partial charge in [0.2, 0.25) is 0 Å². The molecule has 0 aromatic heterocycles. The van der Waals surface area contributed by atoms with Crippen LogP contribution in [0.5, 0.6) is 11.5 Å². The summed E-state index contributed by atoms with van der Waals surface area (Å²) in [5.41, 5.74) is 1.73. The quantitative estimate of drug-likeness (QED) is 0.584. The summed E-state index contributed by atoms with van der Waals surface area (Å²) in [5.74, 6) is 0.356. The van der Waals surface area contributed by atoms with Crippen LogP contribution in [0.3, 0.4) is 0 Å². The van der Waals surface area contributed by atoms with Crippen molar-refractivity contribution in [3.63, 3.8) is 0 Å². The molecule has 0 aliphatic carbocycles. The van der Waals surface area contributed by atoms with Crippen molar-refractivity contribution in [3.8, 4) is 11.5 Å². The summed E-state index contributed by atoms with van der Waals surface area (Å²) in [6.07, 6.45) is 2.29. The molecule has 1 aliphatic heterocycles. The maximum Gasteiger partial charge on any atom is 0.329 e. The van der Waals surface area contributed by atoms with Crippen molar-refractivity contribution in [3.05, 3.63) is 65.1 Å². The molecule has 6 nitrogen and oxygen atoms in total. The molecule has 1 N–H and O–H groups in total. The van der Waals surface area contributed by atoms with Crippen molar-refractivity contribution in [1.82, 2.24) is 10.2 Å². The second kappa shape index (κ2) is 8.56. The molecule has 1 heterocycles. The van der Waals surface area contributed by atoms with Gasteiger partial charge in [0.05, 0.1) is 7.11 Å². The number of carbonyl (C=O) groups excluding carboxylic acids is 2. The Hall–Kier alpha value is -3.35. The van der Waals surface area contributed by atoms with Crippen LogP contribution in [0.4, 0.5) is 9.18 Å². The lowest BCUT2D eigenvalue weighted by atomic mass is 10.1. The first-order chi connectivity index (χ1) is 13.5. The molecule has 0 unspecified atom stereocenters. The van der Waals surface area contributed by atoms with Crippen molar-refractivity contribution in [2.24, 2.45) is 0 Å². The smallest absolute Gasteiger partial charge is 0.329 e. The lowest BCUT2D eigenvalue weighted by Gasteiger charge is -2.12. The Morgan fingerprint density at radius 3 is 2.54 bits per heavy atom. The number of hydrogen-bond donors (Lipinski definition) is 1. The number of methoxy groups -OCH3 is 1. The summed E-state index contributed by atoms with van der Waals surface area (Å²) >= 11 is 0. The van der Waals surface area contributed by atoms with E-state index in [0.717, 1.165) is 5.56 Å². The summed E-state index contributed by atoms with van der Waals surface area (Å²) in [4.78, 5) is 25.4. The summed E-state index contributed by atoms with van der Waals surface area (Å²) in [6.45, 7) is 2.54. The van der Waals surface area contributed by atoms with Crippen molar-refractivity contribution in [1.29, 1.82) is 0 Å². The van der Waals surface area contributed by atoms with E-state index in [1.165, 1.54) is 24.1 Å². The molecule has 3 rings (SSSR count). The molecule has 0 atom stereocenters. The van der Waals surface area contributed by atoms with Crippen molar-refractivity contribution < 1.29 is 23.5 Å². The minimum absolute atomic E-state index is 0.223. The second-order valence-corrected chi connectivity index (χ2v) is 6.27. The number of amides is 3. The minimum atomic E-state index is -0.413. The SMILES string of the molecule is CCCN1C(=O)N/C(=C/c2ccc(OCc3ccc(F)cc3)c(OC)c2)C1=O. The van der Waals surface area contributed by atoms with Gasteiger partial charge < -0.3 is 14.8 Å². The third-order valence-corrected chi connectivity index (χ3v) is 4.22. The van der Waals surface area contributed by atoms with Crippen LogP contribution < -0.4 is 14.8 Å². The van der Waals surface area contributed by atoms with Crippen LogP contribution in [0.1, 0.15) is 24.5 Å². The fourth-order valence-electron chi connectivity index (χ4n) is 2.80. The Bertz CT molecular complexity index is 909. The highest BCUT2D eigenvalue weighted by atomic mass is 19.1. The predicted octanol–water partition coefficient (Wildman–Crippen LogP) is 3.72. The Morgan fingerprint density at radius 1 is 1.11 bits per heavy atom. The van der Waals surface area contributed by atoms with E-state index in [4.69, 9.17) is 9.47 Å². The molecule has 0 radical (unpaired) electrons. The number of benzene rings is 2. The van der Waals surface area contributed by atoms with E-state index < -0.39 is 6.03 Å². The summed E-state index contributed by atoms with van der Waals surface area (Å²) in [5, 5.41) is 2.59. The average molecular weight is 384 g/mol. The maximum atomic E-state index is 13.0. The topological polar surface area (TPSA) is 67.9 Å². The van der Waals surface area contributed by atoms with Gasteiger partial charge in [-0.2, -0.15) is 0 Å². The number of ether oxygens (including phenoxy) is 2. The van der Waals surface area contributed by atoms with Crippen LogP contribution in [0.15, 0.2) is 48.2 Å². The van der Waals surface area contributed by atoms with E-state index in [0.29, 0.717) is 30.0 Å². The van der Waals surface area contributed by atoms with E-state index in [1.807, 2.05) is 6.92 Å². The molecule has 7 heteroatoms. The van der Waals surface area contributed by atoms with Gasteiger partial charge in [-0.15, -0.1) is 0 Å². The molecular formula is C21H21FN2O4. The summed E-state index contributed by atoms with van der Waals surface area (Å²) in [7, 11) is 1.52. The average Bonchev–Trinajstić information content (AvgIpc) is 2.96. The molecule has 0 saturated carbocycles. The number of nitrogens with one attached hydrogen (secondary N) is 1. The third-order valence-electron chi connectivity index (χ3n) is 4.22. The van der Waals surface area contributed by atoms with Crippen LogP contribution >= 0.6 is 0 Å². The Kier molecular flexibility index (Phi) is 5.93. The van der Waals surface area contributed by atoms with Crippen LogP contribution in [0, 0.1) is 5.82 Å². The molecule has 2 aromatic carbocycles. The van der Waals surface area contributed by atoms with E-state index in [-0.39, 0.29) is 24.0 Å². The first kappa shape index (κ1) is 19.4. The Labute approximate surface area is 162 Å². The number of carbonyl (C=O) groups is 2. The van der Waals surface area contributed by atoms with Gasteiger partial charge in [0.1, 0.15) is 18.1 Å². The van der Waals surface area contributed by atoms with Gasteiger partial charge in [0.15, 0.2) is 11.5 Å². The number of nitrogens with zero attached hydrogens (tertiary/aromatic N) is 1. The van der Waals surface area contributed by atoms with Gasteiger partial charge >= 0.3 is 6.03 Å². The van der Waals surface area contributed by atoms with E-state index in [1.54, 1.807) is 36.4 Å². The largest absolute Gasteiger partial charge is 0.493 e. The minimum Gasteiger partial charge on any atom is -0.493 e.